The van der Waals surface area contributed by atoms with Crippen molar-refractivity contribution >= 4 is 22.7 Å². The van der Waals surface area contributed by atoms with Crippen molar-refractivity contribution in [1.82, 2.24) is 19.9 Å². The van der Waals surface area contributed by atoms with Crippen molar-refractivity contribution in [3.8, 4) is 11.8 Å². The molecule has 1 aromatic carbocycles. The normalized spacial score (nSPS) is 10.9. The topological polar surface area (TPSA) is 130 Å². The minimum atomic E-state index is -0.504. The third-order valence-electron chi connectivity index (χ3n) is 4.53. The zero-order valence-electron chi connectivity index (χ0n) is 18.0. The molecular formula is C21H23N5O6. The molecule has 0 atom stereocenters. The molecule has 3 rings (SSSR count). The van der Waals surface area contributed by atoms with E-state index in [4.69, 9.17) is 14.2 Å². The van der Waals surface area contributed by atoms with Gasteiger partial charge in [-0.3, -0.25) is 24.8 Å². The molecule has 0 saturated heterocycles. The lowest BCUT2D eigenvalue weighted by Gasteiger charge is -2.21. The molecule has 0 unspecified atom stereocenters. The summed E-state index contributed by atoms with van der Waals surface area (Å²) in [6, 6.07) is 8.21. The highest BCUT2D eigenvalue weighted by atomic mass is 16.6. The van der Waals surface area contributed by atoms with E-state index in [1.807, 2.05) is 12.1 Å². The average molecular weight is 441 g/mol. The van der Waals surface area contributed by atoms with Gasteiger partial charge in [0.05, 0.1) is 43.5 Å². The molecule has 3 aromatic rings. The molecule has 0 radical (unpaired) electrons. The highest BCUT2D eigenvalue weighted by molar-refractivity contribution is 5.82. The summed E-state index contributed by atoms with van der Waals surface area (Å²) in [5.74, 6) is -0.149. The first kappa shape index (κ1) is 22.8. The molecule has 0 aliphatic heterocycles. The van der Waals surface area contributed by atoms with E-state index in [0.29, 0.717) is 17.6 Å². The van der Waals surface area contributed by atoms with Crippen LogP contribution in [0.2, 0.25) is 0 Å². The first-order valence-corrected chi connectivity index (χ1v) is 9.80. The minimum absolute atomic E-state index is 0.0324. The number of nitro groups is 1. The van der Waals surface area contributed by atoms with Gasteiger partial charge >= 0.3 is 5.97 Å². The fraction of sp³-hybridized carbons (Fsp3) is 0.333. The van der Waals surface area contributed by atoms with E-state index in [2.05, 4.69) is 15.0 Å². The number of esters is 1. The van der Waals surface area contributed by atoms with E-state index in [-0.39, 0.29) is 42.7 Å². The van der Waals surface area contributed by atoms with Crippen molar-refractivity contribution in [2.75, 3.05) is 27.4 Å². The van der Waals surface area contributed by atoms with Crippen molar-refractivity contribution in [2.24, 2.45) is 0 Å². The van der Waals surface area contributed by atoms with Crippen molar-refractivity contribution < 1.29 is 23.9 Å². The van der Waals surface area contributed by atoms with Gasteiger partial charge in [-0.1, -0.05) is 6.07 Å². The largest absolute Gasteiger partial charge is 0.477 e. The number of carbonyl (C=O) groups excluding carboxylic acids is 1. The van der Waals surface area contributed by atoms with Crippen molar-refractivity contribution in [3.05, 3.63) is 57.9 Å². The summed E-state index contributed by atoms with van der Waals surface area (Å²) >= 11 is 0. The molecule has 2 heterocycles. The molecule has 0 spiro atoms. The van der Waals surface area contributed by atoms with Gasteiger partial charge in [0.15, 0.2) is 0 Å². The predicted molar refractivity (Wildman–Crippen MR) is 114 cm³/mol. The molecule has 0 amide bonds. The Kier molecular flexibility index (Phi) is 7.45. The zero-order chi connectivity index (χ0) is 23.1. The van der Waals surface area contributed by atoms with Gasteiger partial charge in [-0.25, -0.2) is 9.97 Å². The number of carbonyl (C=O) groups is 1. The highest BCUT2D eigenvalue weighted by Crippen LogP contribution is 2.30. The number of methoxy groups -OCH3 is 2. The summed E-state index contributed by atoms with van der Waals surface area (Å²) in [4.78, 5) is 38.1. The van der Waals surface area contributed by atoms with Gasteiger partial charge in [0, 0.05) is 37.0 Å². The molecule has 0 saturated carbocycles. The Labute approximate surface area is 184 Å². The van der Waals surface area contributed by atoms with Gasteiger partial charge in [0.25, 0.3) is 17.4 Å². The second-order valence-electron chi connectivity index (χ2n) is 6.74. The molecule has 0 aliphatic carbocycles. The molecule has 0 N–H and O–H groups in total. The quantitative estimate of drug-likeness (QED) is 0.263. The summed E-state index contributed by atoms with van der Waals surface area (Å²) in [6.07, 6.45) is 1.66. The average Bonchev–Trinajstić information content (AvgIpc) is 2.78. The Morgan fingerprint density at radius 2 is 1.88 bits per heavy atom. The fourth-order valence-corrected chi connectivity index (χ4v) is 3.19. The van der Waals surface area contributed by atoms with Crippen molar-refractivity contribution in [1.29, 1.82) is 0 Å². The highest BCUT2D eigenvalue weighted by Gasteiger charge is 2.21. The van der Waals surface area contributed by atoms with Gasteiger partial charge in [-0.05, 0) is 19.1 Å². The Bertz CT molecular complexity index is 1110. The Balaban J connectivity index is 2.06. The molecule has 0 fully saturated rings. The number of nitrogens with zero attached hydrogens (tertiary/aromatic N) is 5. The fourth-order valence-electron chi connectivity index (χ4n) is 3.19. The van der Waals surface area contributed by atoms with E-state index in [1.54, 1.807) is 24.1 Å². The summed E-state index contributed by atoms with van der Waals surface area (Å²) in [6.45, 7) is 2.43. The Morgan fingerprint density at radius 3 is 2.50 bits per heavy atom. The van der Waals surface area contributed by atoms with Gasteiger partial charge in [0.2, 0.25) is 0 Å². The van der Waals surface area contributed by atoms with E-state index >= 15 is 0 Å². The first-order valence-electron chi connectivity index (χ1n) is 9.80. The third kappa shape index (κ3) is 5.43. The second kappa shape index (κ2) is 10.4. The summed E-state index contributed by atoms with van der Waals surface area (Å²) in [5, 5.41) is 11.5. The van der Waals surface area contributed by atoms with Crippen molar-refractivity contribution in [3.63, 3.8) is 0 Å². The molecule has 11 heteroatoms. The Morgan fingerprint density at radius 1 is 1.12 bits per heavy atom. The number of aromatic nitrogens is 3. The number of fused-ring (bicyclic) bond motifs is 1. The SMILES string of the molecule is CCOC(=O)CN(Cc1ccccn1)Cc1cc([N+](=O)[O-])cc2nc(OC)c(OC)nc12. The van der Waals surface area contributed by atoms with E-state index in [1.165, 1.54) is 26.4 Å². The maximum absolute atomic E-state index is 12.2. The lowest BCUT2D eigenvalue weighted by molar-refractivity contribution is -0.384. The van der Waals surface area contributed by atoms with Gasteiger partial charge in [-0.15, -0.1) is 0 Å². The van der Waals surface area contributed by atoms with Crippen LogP contribution in [0.4, 0.5) is 5.69 Å². The van der Waals surface area contributed by atoms with Crippen LogP contribution < -0.4 is 9.47 Å². The van der Waals surface area contributed by atoms with E-state index in [0.717, 1.165) is 5.69 Å². The summed E-state index contributed by atoms with van der Waals surface area (Å²) < 4.78 is 15.5. The van der Waals surface area contributed by atoms with Crippen LogP contribution in [0.15, 0.2) is 36.5 Å². The molecular weight excluding hydrogens is 418 g/mol. The van der Waals surface area contributed by atoms with E-state index < -0.39 is 10.9 Å². The smallest absolute Gasteiger partial charge is 0.320 e. The standard InChI is InChI=1S/C21H23N5O6/c1-4-32-18(27)13-25(12-15-7-5-6-8-22-15)11-14-9-16(26(28)29)10-17-19(14)24-21(31-3)20(23-17)30-2/h5-10H,4,11-13H2,1-3H3. The van der Waals surface area contributed by atoms with E-state index in [9.17, 15) is 14.9 Å². The number of nitro benzene ring substituents is 1. The Hall–Kier alpha value is -3.86. The molecule has 32 heavy (non-hydrogen) atoms. The number of ether oxygens (including phenoxy) is 3. The van der Waals surface area contributed by atoms with Crippen LogP contribution in [-0.4, -0.2) is 58.1 Å². The van der Waals surface area contributed by atoms with Crippen LogP contribution in [-0.2, 0) is 22.6 Å². The number of benzene rings is 1. The predicted octanol–water partition coefficient (Wildman–Crippen LogP) is 2.52. The number of hydrogen-bond donors (Lipinski definition) is 0. The van der Waals surface area contributed by atoms with Gasteiger partial charge in [0.1, 0.15) is 5.52 Å². The zero-order valence-corrected chi connectivity index (χ0v) is 18.0. The van der Waals surface area contributed by atoms with Crippen LogP contribution in [0.3, 0.4) is 0 Å². The van der Waals surface area contributed by atoms with Crippen LogP contribution >= 0.6 is 0 Å². The maximum atomic E-state index is 12.2. The van der Waals surface area contributed by atoms with Crippen LogP contribution in [0.5, 0.6) is 11.8 Å². The molecule has 11 nitrogen and oxygen atoms in total. The van der Waals surface area contributed by atoms with Crippen LogP contribution in [0, 0.1) is 10.1 Å². The van der Waals surface area contributed by atoms with Crippen LogP contribution in [0.1, 0.15) is 18.2 Å². The number of rotatable bonds is 10. The number of hydrogen-bond acceptors (Lipinski definition) is 10. The number of pyridine rings is 1. The molecule has 0 aliphatic rings. The van der Waals surface area contributed by atoms with Gasteiger partial charge in [-0.2, -0.15) is 0 Å². The molecule has 168 valence electrons. The van der Waals surface area contributed by atoms with Crippen molar-refractivity contribution in [2.45, 2.75) is 20.0 Å². The minimum Gasteiger partial charge on any atom is -0.477 e. The van der Waals surface area contributed by atoms with Gasteiger partial charge < -0.3 is 14.2 Å². The molecule has 0 bridgehead atoms. The monoisotopic (exact) mass is 441 g/mol. The lowest BCUT2D eigenvalue weighted by atomic mass is 10.1. The number of non-ortho nitro benzene ring substituents is 1. The summed E-state index contributed by atoms with van der Waals surface area (Å²) in [7, 11) is 2.84. The maximum Gasteiger partial charge on any atom is 0.320 e. The molecule has 2 aromatic heterocycles. The third-order valence-corrected chi connectivity index (χ3v) is 4.53. The summed E-state index contributed by atoms with van der Waals surface area (Å²) in [5.41, 5.74) is 1.77. The van der Waals surface area contributed by atoms with Crippen LogP contribution in [0.25, 0.3) is 11.0 Å². The first-order chi connectivity index (χ1) is 15.4. The lowest BCUT2D eigenvalue weighted by Crippen LogP contribution is -2.30. The second-order valence-corrected chi connectivity index (χ2v) is 6.74.